The Morgan fingerprint density at radius 3 is 2.37 bits per heavy atom. The summed E-state index contributed by atoms with van der Waals surface area (Å²) in [5.74, 6) is -2.10. The molecule has 1 heterocycles. The normalized spacial score (nSPS) is 14.2. The molecule has 0 aliphatic carbocycles. The first-order valence-electron chi connectivity index (χ1n) is 10.9. The predicted octanol–water partition coefficient (Wildman–Crippen LogP) is 5.99. The smallest absolute Gasteiger partial charge is 0.335 e. The summed E-state index contributed by atoms with van der Waals surface area (Å²) in [6.45, 7) is -0.254. The number of hydrogen-bond donors (Lipinski definition) is 2. The fourth-order valence-corrected chi connectivity index (χ4v) is 6.36. The molecule has 38 heavy (non-hydrogen) atoms. The Labute approximate surface area is 247 Å². The first kappa shape index (κ1) is 28.0. The number of rotatable bonds is 8. The molecule has 3 aromatic rings. The lowest BCUT2D eigenvalue weighted by molar-refractivity contribution is -0.127. The molecule has 0 radical (unpaired) electrons. The number of nitrogens with one attached hydrogen (secondary N) is 1. The number of carboxylic acid groups (broad SMARTS) is 1. The van der Waals surface area contributed by atoms with Gasteiger partial charge in [-0.25, -0.2) is 9.18 Å². The molecule has 1 saturated heterocycles. The zero-order valence-electron chi connectivity index (χ0n) is 19.2. The van der Waals surface area contributed by atoms with E-state index in [0.717, 1.165) is 35.4 Å². The Kier molecular flexibility index (Phi) is 9.04. The molecule has 4 rings (SSSR count). The monoisotopic (exact) mass is 758 g/mol. The molecule has 0 saturated carbocycles. The van der Waals surface area contributed by atoms with Crippen LogP contribution in [-0.4, -0.2) is 39.6 Å². The lowest BCUT2D eigenvalue weighted by Crippen LogP contribution is -2.36. The summed E-state index contributed by atoms with van der Waals surface area (Å²) in [6.07, 6.45) is 1.58. The molecular formula is C26H17FI2N2O6S. The number of nitrogens with zero attached hydrogens (tertiary/aromatic N) is 1. The third-order valence-corrected chi connectivity index (χ3v) is 7.70. The fraction of sp³-hybridized carbons (Fsp3) is 0.0769. The topological polar surface area (TPSA) is 113 Å². The van der Waals surface area contributed by atoms with Crippen molar-refractivity contribution in [2.24, 2.45) is 0 Å². The number of imide groups is 1. The highest BCUT2D eigenvalue weighted by Gasteiger charge is 2.36. The van der Waals surface area contributed by atoms with Crippen LogP contribution >= 0.6 is 56.9 Å². The Balaban J connectivity index is 1.42. The molecule has 3 amide bonds. The maximum atomic E-state index is 13.3. The highest BCUT2D eigenvalue weighted by Crippen LogP contribution is 2.35. The number of aromatic carboxylic acids is 1. The van der Waals surface area contributed by atoms with E-state index in [-0.39, 0.29) is 22.8 Å². The summed E-state index contributed by atoms with van der Waals surface area (Å²) >= 11 is 4.96. The van der Waals surface area contributed by atoms with Gasteiger partial charge in [0.1, 0.15) is 24.7 Å². The van der Waals surface area contributed by atoms with Gasteiger partial charge < -0.3 is 15.2 Å². The number of ether oxygens (including phenoxy) is 1. The number of benzene rings is 3. The van der Waals surface area contributed by atoms with E-state index in [4.69, 9.17) is 9.84 Å². The van der Waals surface area contributed by atoms with Crippen LogP contribution in [0.1, 0.15) is 21.5 Å². The first-order chi connectivity index (χ1) is 18.1. The summed E-state index contributed by atoms with van der Waals surface area (Å²) in [4.78, 5) is 49.6. The Morgan fingerprint density at radius 2 is 1.74 bits per heavy atom. The van der Waals surface area contributed by atoms with Crippen LogP contribution in [0.15, 0.2) is 65.6 Å². The van der Waals surface area contributed by atoms with E-state index in [1.807, 2.05) is 0 Å². The van der Waals surface area contributed by atoms with Crippen LogP contribution in [-0.2, 0) is 16.2 Å². The van der Waals surface area contributed by atoms with Crippen LogP contribution in [0.25, 0.3) is 6.08 Å². The minimum Gasteiger partial charge on any atom is -0.487 e. The average Bonchev–Trinajstić information content (AvgIpc) is 3.11. The Bertz CT molecular complexity index is 1460. The van der Waals surface area contributed by atoms with Crippen LogP contribution < -0.4 is 10.1 Å². The second kappa shape index (κ2) is 12.3. The molecule has 3 aromatic carbocycles. The van der Waals surface area contributed by atoms with Gasteiger partial charge in [0.2, 0.25) is 5.91 Å². The van der Waals surface area contributed by atoms with Crippen LogP contribution in [0.5, 0.6) is 5.75 Å². The number of hydrogen-bond acceptors (Lipinski definition) is 6. The Hall–Kier alpha value is -2.98. The van der Waals surface area contributed by atoms with Gasteiger partial charge in [-0.05, 0) is 117 Å². The predicted molar refractivity (Wildman–Crippen MR) is 157 cm³/mol. The van der Waals surface area contributed by atoms with Crippen LogP contribution in [0.3, 0.4) is 0 Å². The fourth-order valence-electron chi connectivity index (χ4n) is 3.40. The summed E-state index contributed by atoms with van der Waals surface area (Å²) in [7, 11) is 0. The highest BCUT2D eigenvalue weighted by molar-refractivity contribution is 14.1. The molecule has 2 N–H and O–H groups in total. The van der Waals surface area contributed by atoms with Gasteiger partial charge in [0.25, 0.3) is 11.1 Å². The molecule has 0 atom stereocenters. The number of thioether (sulfide) groups is 1. The number of anilines is 1. The highest BCUT2D eigenvalue weighted by atomic mass is 127. The van der Waals surface area contributed by atoms with E-state index in [1.54, 1.807) is 30.3 Å². The van der Waals surface area contributed by atoms with E-state index in [9.17, 15) is 23.6 Å². The van der Waals surface area contributed by atoms with Gasteiger partial charge in [-0.3, -0.25) is 19.3 Å². The molecule has 194 valence electrons. The SMILES string of the molecule is O=C(CN1C(=O)S/C(=C/c2cc(I)c(OCc3ccc(C(=O)O)cc3)c(I)c2)C1=O)Nc1cccc(F)c1. The summed E-state index contributed by atoms with van der Waals surface area (Å²) in [6, 6.07) is 15.3. The minimum atomic E-state index is -0.998. The van der Waals surface area contributed by atoms with Crippen molar-refractivity contribution in [2.75, 3.05) is 11.9 Å². The van der Waals surface area contributed by atoms with Crippen molar-refractivity contribution < 1.29 is 33.4 Å². The molecule has 0 unspecified atom stereocenters. The van der Waals surface area contributed by atoms with Crippen molar-refractivity contribution in [3.8, 4) is 5.75 Å². The van der Waals surface area contributed by atoms with Gasteiger partial charge >= 0.3 is 5.97 Å². The van der Waals surface area contributed by atoms with E-state index < -0.39 is 35.4 Å². The molecule has 1 aliphatic rings. The van der Waals surface area contributed by atoms with E-state index >= 15 is 0 Å². The van der Waals surface area contributed by atoms with Gasteiger partial charge in [0, 0.05) is 5.69 Å². The van der Waals surface area contributed by atoms with Gasteiger partial charge in [0.05, 0.1) is 17.6 Å². The van der Waals surface area contributed by atoms with Crippen molar-refractivity contribution in [3.63, 3.8) is 0 Å². The number of halogens is 3. The summed E-state index contributed by atoms with van der Waals surface area (Å²) in [5, 5.41) is 10.9. The molecule has 1 fully saturated rings. The average molecular weight is 758 g/mol. The van der Waals surface area contributed by atoms with Crippen LogP contribution in [0.2, 0.25) is 0 Å². The largest absolute Gasteiger partial charge is 0.487 e. The molecular weight excluding hydrogens is 741 g/mol. The number of amides is 3. The summed E-state index contributed by atoms with van der Waals surface area (Å²) in [5.41, 5.74) is 1.90. The van der Waals surface area contributed by atoms with Crippen LogP contribution in [0.4, 0.5) is 14.9 Å². The van der Waals surface area contributed by atoms with E-state index in [1.165, 1.54) is 30.3 Å². The maximum Gasteiger partial charge on any atom is 0.335 e. The van der Waals surface area contributed by atoms with Crippen molar-refractivity contribution in [3.05, 3.63) is 95.2 Å². The molecule has 0 bridgehead atoms. The quantitative estimate of drug-likeness (QED) is 0.215. The second-order valence-corrected chi connectivity index (χ2v) is 11.2. The molecule has 0 spiro atoms. The third-order valence-electron chi connectivity index (χ3n) is 5.19. The van der Waals surface area contributed by atoms with Crippen LogP contribution in [0, 0.1) is 13.0 Å². The van der Waals surface area contributed by atoms with Crippen molar-refractivity contribution in [2.45, 2.75) is 6.61 Å². The lowest BCUT2D eigenvalue weighted by Gasteiger charge is -2.13. The van der Waals surface area contributed by atoms with Crippen molar-refractivity contribution >= 4 is 91.7 Å². The number of carbonyl (C=O) groups excluding carboxylic acids is 3. The summed E-state index contributed by atoms with van der Waals surface area (Å²) < 4.78 is 20.8. The molecule has 1 aliphatic heterocycles. The van der Waals surface area contributed by atoms with Crippen molar-refractivity contribution in [1.29, 1.82) is 0 Å². The zero-order valence-corrected chi connectivity index (χ0v) is 24.4. The van der Waals surface area contributed by atoms with Gasteiger partial charge in [0.15, 0.2) is 0 Å². The zero-order chi connectivity index (χ0) is 27.4. The minimum absolute atomic E-state index is 0.173. The standard InChI is InChI=1S/C26H17FI2N2O6S/c27-17-2-1-3-18(11-17)30-22(32)12-31-24(33)21(38-26(31)36)10-15-8-19(28)23(20(29)9-15)37-13-14-4-6-16(7-5-14)25(34)35/h1-11H,12-13H2,(H,30,32)(H,34,35)/b21-10+. The van der Waals surface area contributed by atoms with Gasteiger partial charge in [-0.2, -0.15) is 0 Å². The third kappa shape index (κ3) is 6.91. The number of carboxylic acids is 1. The van der Waals surface area contributed by atoms with Gasteiger partial charge in [-0.15, -0.1) is 0 Å². The maximum absolute atomic E-state index is 13.3. The first-order valence-corrected chi connectivity index (χ1v) is 13.8. The second-order valence-electron chi connectivity index (χ2n) is 7.93. The van der Waals surface area contributed by atoms with E-state index in [2.05, 4.69) is 50.5 Å². The van der Waals surface area contributed by atoms with Crippen molar-refractivity contribution in [1.82, 2.24) is 4.90 Å². The number of carbonyl (C=O) groups is 4. The molecule has 8 nitrogen and oxygen atoms in total. The Morgan fingerprint density at radius 1 is 1.05 bits per heavy atom. The van der Waals surface area contributed by atoms with Gasteiger partial charge in [-0.1, -0.05) is 18.2 Å². The van der Waals surface area contributed by atoms with E-state index in [0.29, 0.717) is 11.3 Å². The molecule has 0 aromatic heterocycles. The lowest BCUT2D eigenvalue weighted by atomic mass is 10.1. The molecule has 12 heteroatoms.